The maximum atomic E-state index is 13.0. The van der Waals surface area contributed by atoms with Gasteiger partial charge in [0.1, 0.15) is 11.4 Å². The second kappa shape index (κ2) is 6.87. The SMILES string of the molecule is CC1CN(C(=O)OC(C)(C)C)C(C)CN1Cc1ccc(F)cc1. The van der Waals surface area contributed by atoms with Crippen molar-refractivity contribution in [3.8, 4) is 0 Å². The minimum absolute atomic E-state index is 0.0847. The fourth-order valence-electron chi connectivity index (χ4n) is 2.82. The third kappa shape index (κ3) is 4.93. The highest BCUT2D eigenvalue weighted by Gasteiger charge is 2.34. The molecule has 1 fully saturated rings. The van der Waals surface area contributed by atoms with Gasteiger partial charge in [0.25, 0.3) is 0 Å². The van der Waals surface area contributed by atoms with Crippen LogP contribution in [0.1, 0.15) is 40.2 Å². The third-order valence-electron chi connectivity index (χ3n) is 4.04. The topological polar surface area (TPSA) is 32.8 Å². The highest BCUT2D eigenvalue weighted by molar-refractivity contribution is 5.68. The van der Waals surface area contributed by atoms with Gasteiger partial charge in [0.05, 0.1) is 0 Å². The van der Waals surface area contributed by atoms with Gasteiger partial charge in [-0.15, -0.1) is 0 Å². The quantitative estimate of drug-likeness (QED) is 0.833. The molecule has 0 aliphatic carbocycles. The Morgan fingerprint density at radius 3 is 2.35 bits per heavy atom. The summed E-state index contributed by atoms with van der Waals surface area (Å²) in [6.45, 7) is 11.9. The van der Waals surface area contributed by atoms with Gasteiger partial charge in [-0.05, 0) is 52.3 Å². The second-order valence-corrected chi connectivity index (χ2v) is 7.39. The molecule has 128 valence electrons. The number of carbonyl (C=O) groups is 1. The molecule has 1 saturated heterocycles. The molecule has 2 rings (SSSR count). The van der Waals surface area contributed by atoms with E-state index in [4.69, 9.17) is 4.74 Å². The Morgan fingerprint density at radius 1 is 1.17 bits per heavy atom. The number of carbonyl (C=O) groups excluding carboxylic acids is 1. The van der Waals surface area contributed by atoms with E-state index in [9.17, 15) is 9.18 Å². The monoisotopic (exact) mass is 322 g/mol. The standard InChI is InChI=1S/C18H27FN2O2/c1-13-11-21(17(22)23-18(3,4)5)14(2)10-20(13)12-15-6-8-16(19)9-7-15/h6-9,13-14H,10-12H2,1-5H3. The first-order valence-corrected chi connectivity index (χ1v) is 8.14. The lowest BCUT2D eigenvalue weighted by Crippen LogP contribution is -2.58. The number of amides is 1. The Labute approximate surface area is 138 Å². The Morgan fingerprint density at radius 2 is 1.78 bits per heavy atom. The molecule has 2 unspecified atom stereocenters. The summed E-state index contributed by atoms with van der Waals surface area (Å²) >= 11 is 0. The average Bonchev–Trinajstić information content (AvgIpc) is 2.43. The summed E-state index contributed by atoms with van der Waals surface area (Å²) in [4.78, 5) is 16.4. The van der Waals surface area contributed by atoms with E-state index in [2.05, 4.69) is 11.8 Å². The first kappa shape index (κ1) is 17.7. The highest BCUT2D eigenvalue weighted by Crippen LogP contribution is 2.21. The van der Waals surface area contributed by atoms with Gasteiger partial charge in [-0.25, -0.2) is 9.18 Å². The molecule has 4 nitrogen and oxygen atoms in total. The van der Waals surface area contributed by atoms with Crippen LogP contribution in [0.25, 0.3) is 0 Å². The molecule has 1 aromatic rings. The smallest absolute Gasteiger partial charge is 0.410 e. The number of hydrogen-bond acceptors (Lipinski definition) is 3. The van der Waals surface area contributed by atoms with Crippen LogP contribution in [0.15, 0.2) is 24.3 Å². The zero-order valence-corrected chi connectivity index (χ0v) is 14.7. The van der Waals surface area contributed by atoms with Gasteiger partial charge in [-0.2, -0.15) is 0 Å². The molecular weight excluding hydrogens is 295 g/mol. The Hall–Kier alpha value is -1.62. The normalized spacial score (nSPS) is 23.0. The Balaban J connectivity index is 1.98. The lowest BCUT2D eigenvalue weighted by atomic mass is 10.1. The van der Waals surface area contributed by atoms with Gasteiger partial charge in [-0.3, -0.25) is 4.90 Å². The van der Waals surface area contributed by atoms with E-state index in [1.54, 1.807) is 4.90 Å². The fraction of sp³-hybridized carbons (Fsp3) is 0.611. The summed E-state index contributed by atoms with van der Waals surface area (Å²) in [7, 11) is 0. The van der Waals surface area contributed by atoms with E-state index in [1.165, 1.54) is 12.1 Å². The van der Waals surface area contributed by atoms with Crippen LogP contribution in [0, 0.1) is 5.82 Å². The van der Waals surface area contributed by atoms with Crippen molar-refractivity contribution in [2.24, 2.45) is 0 Å². The van der Waals surface area contributed by atoms with Crippen molar-refractivity contribution in [1.29, 1.82) is 0 Å². The minimum Gasteiger partial charge on any atom is -0.444 e. The van der Waals surface area contributed by atoms with Crippen molar-refractivity contribution in [3.05, 3.63) is 35.6 Å². The number of hydrogen-bond donors (Lipinski definition) is 0. The predicted octanol–water partition coefficient (Wildman–Crippen LogP) is 3.66. The molecule has 1 aliphatic rings. The molecule has 0 saturated carbocycles. The lowest BCUT2D eigenvalue weighted by molar-refractivity contribution is -0.0117. The fourth-order valence-corrected chi connectivity index (χ4v) is 2.82. The van der Waals surface area contributed by atoms with Gasteiger partial charge in [0.2, 0.25) is 0 Å². The van der Waals surface area contributed by atoms with Crippen molar-refractivity contribution in [3.63, 3.8) is 0 Å². The summed E-state index contributed by atoms with van der Waals surface area (Å²) in [5.74, 6) is -0.218. The van der Waals surface area contributed by atoms with Crippen LogP contribution in [-0.2, 0) is 11.3 Å². The first-order chi connectivity index (χ1) is 10.7. The number of nitrogens with zero attached hydrogens (tertiary/aromatic N) is 2. The molecule has 0 radical (unpaired) electrons. The number of halogens is 1. The third-order valence-corrected chi connectivity index (χ3v) is 4.04. The summed E-state index contributed by atoms with van der Waals surface area (Å²) in [5, 5.41) is 0. The molecule has 1 aromatic carbocycles. The van der Waals surface area contributed by atoms with Gasteiger partial charge in [-0.1, -0.05) is 12.1 Å². The van der Waals surface area contributed by atoms with E-state index < -0.39 is 5.60 Å². The van der Waals surface area contributed by atoms with Crippen LogP contribution in [0.5, 0.6) is 0 Å². The summed E-state index contributed by atoms with van der Waals surface area (Å²) in [6, 6.07) is 6.91. The van der Waals surface area contributed by atoms with E-state index in [-0.39, 0.29) is 24.0 Å². The molecule has 0 bridgehead atoms. The molecule has 0 N–H and O–H groups in total. The Kier molecular flexibility index (Phi) is 5.30. The minimum atomic E-state index is -0.481. The van der Waals surface area contributed by atoms with Crippen LogP contribution in [0.2, 0.25) is 0 Å². The lowest BCUT2D eigenvalue weighted by Gasteiger charge is -2.44. The summed E-state index contributed by atoms with van der Waals surface area (Å²) < 4.78 is 18.5. The van der Waals surface area contributed by atoms with Crippen molar-refractivity contribution >= 4 is 6.09 Å². The van der Waals surface area contributed by atoms with Gasteiger partial charge in [0, 0.05) is 31.7 Å². The van der Waals surface area contributed by atoms with Crippen LogP contribution in [0.4, 0.5) is 9.18 Å². The van der Waals surface area contributed by atoms with Crippen molar-refractivity contribution in [2.45, 2.75) is 58.8 Å². The maximum absolute atomic E-state index is 13.0. The maximum Gasteiger partial charge on any atom is 0.410 e. The molecule has 0 spiro atoms. The molecule has 1 aliphatic heterocycles. The zero-order chi connectivity index (χ0) is 17.2. The van der Waals surface area contributed by atoms with E-state index in [0.29, 0.717) is 6.54 Å². The van der Waals surface area contributed by atoms with Crippen LogP contribution in [0.3, 0.4) is 0 Å². The molecular formula is C18H27FN2O2. The van der Waals surface area contributed by atoms with Crippen LogP contribution >= 0.6 is 0 Å². The van der Waals surface area contributed by atoms with Gasteiger partial charge >= 0.3 is 6.09 Å². The Bertz CT molecular complexity index is 539. The van der Waals surface area contributed by atoms with Crippen molar-refractivity contribution in [1.82, 2.24) is 9.80 Å². The molecule has 1 amide bonds. The molecule has 0 aromatic heterocycles. The first-order valence-electron chi connectivity index (χ1n) is 8.14. The predicted molar refractivity (Wildman–Crippen MR) is 88.7 cm³/mol. The van der Waals surface area contributed by atoms with E-state index in [0.717, 1.165) is 18.7 Å². The number of piperazine rings is 1. The molecule has 23 heavy (non-hydrogen) atoms. The van der Waals surface area contributed by atoms with Crippen LogP contribution < -0.4 is 0 Å². The van der Waals surface area contributed by atoms with Crippen molar-refractivity contribution in [2.75, 3.05) is 13.1 Å². The number of rotatable bonds is 2. The van der Waals surface area contributed by atoms with Gasteiger partial charge in [0.15, 0.2) is 0 Å². The summed E-state index contributed by atoms with van der Waals surface area (Å²) in [6.07, 6.45) is -0.252. The number of benzene rings is 1. The van der Waals surface area contributed by atoms with E-state index >= 15 is 0 Å². The molecule has 5 heteroatoms. The average molecular weight is 322 g/mol. The highest BCUT2D eigenvalue weighted by atomic mass is 19.1. The second-order valence-electron chi connectivity index (χ2n) is 7.39. The largest absolute Gasteiger partial charge is 0.444 e. The van der Waals surface area contributed by atoms with E-state index in [1.807, 2.05) is 39.8 Å². The zero-order valence-electron chi connectivity index (χ0n) is 14.7. The molecule has 1 heterocycles. The number of ether oxygens (including phenoxy) is 1. The van der Waals surface area contributed by atoms with Crippen LogP contribution in [-0.4, -0.2) is 46.7 Å². The van der Waals surface area contributed by atoms with Crippen molar-refractivity contribution < 1.29 is 13.9 Å². The molecule has 2 atom stereocenters. The summed E-state index contributed by atoms with van der Waals surface area (Å²) in [5.41, 5.74) is 0.599. The van der Waals surface area contributed by atoms with Gasteiger partial charge < -0.3 is 9.64 Å².